The third kappa shape index (κ3) is 2.48. The summed E-state index contributed by atoms with van der Waals surface area (Å²) in [5.41, 5.74) is 1.40. The van der Waals surface area contributed by atoms with Crippen LogP contribution >= 0.6 is 11.6 Å². The van der Waals surface area contributed by atoms with Gasteiger partial charge in [-0.25, -0.2) is 0 Å². The molecule has 0 aliphatic carbocycles. The zero-order valence-corrected chi connectivity index (χ0v) is 10.3. The number of hydrogen-bond acceptors (Lipinski definition) is 5. The second kappa shape index (κ2) is 5.14. The average Bonchev–Trinajstić information content (AvgIpc) is 2.78. The third-order valence-electron chi connectivity index (χ3n) is 2.44. The standard InChI is InChI=1S/C11H10ClN3O3/c1-7-2-3-8(15(16)17)6-9(7)11-14-13-10(18-11)4-5-12/h2-3,6H,4-5H2,1H3. The van der Waals surface area contributed by atoms with E-state index >= 15 is 0 Å². The zero-order valence-electron chi connectivity index (χ0n) is 9.59. The first-order valence-electron chi connectivity index (χ1n) is 5.25. The van der Waals surface area contributed by atoms with Crippen molar-refractivity contribution in [3.8, 4) is 11.5 Å². The van der Waals surface area contributed by atoms with Gasteiger partial charge in [0.1, 0.15) is 0 Å². The molecule has 0 N–H and O–H groups in total. The molecule has 0 bridgehead atoms. The van der Waals surface area contributed by atoms with Gasteiger partial charge in [-0.05, 0) is 12.5 Å². The van der Waals surface area contributed by atoms with Crippen molar-refractivity contribution in [1.82, 2.24) is 10.2 Å². The van der Waals surface area contributed by atoms with Gasteiger partial charge >= 0.3 is 0 Å². The van der Waals surface area contributed by atoms with Crippen LogP contribution in [0, 0.1) is 17.0 Å². The lowest BCUT2D eigenvalue weighted by Crippen LogP contribution is -1.90. The van der Waals surface area contributed by atoms with Gasteiger partial charge in [-0.2, -0.15) is 0 Å². The number of hydrogen-bond donors (Lipinski definition) is 0. The van der Waals surface area contributed by atoms with Crippen LogP contribution in [-0.4, -0.2) is 21.0 Å². The molecule has 94 valence electrons. The molecule has 0 aliphatic heterocycles. The van der Waals surface area contributed by atoms with Crippen LogP contribution < -0.4 is 0 Å². The Hall–Kier alpha value is -1.95. The average molecular weight is 268 g/mol. The van der Waals surface area contributed by atoms with Gasteiger partial charge < -0.3 is 4.42 Å². The van der Waals surface area contributed by atoms with E-state index in [1.807, 2.05) is 6.92 Å². The fourth-order valence-electron chi connectivity index (χ4n) is 1.50. The minimum atomic E-state index is -0.459. The second-order valence-electron chi connectivity index (χ2n) is 3.70. The number of non-ortho nitro benzene ring substituents is 1. The van der Waals surface area contributed by atoms with Crippen LogP contribution in [0.2, 0.25) is 0 Å². The van der Waals surface area contributed by atoms with Crippen molar-refractivity contribution in [2.24, 2.45) is 0 Å². The molecule has 0 fully saturated rings. The van der Waals surface area contributed by atoms with Crippen molar-refractivity contribution < 1.29 is 9.34 Å². The Morgan fingerprint density at radius 3 is 2.89 bits per heavy atom. The first-order chi connectivity index (χ1) is 8.61. The number of nitrogens with zero attached hydrogens (tertiary/aromatic N) is 3. The number of nitro groups is 1. The molecule has 0 aliphatic rings. The van der Waals surface area contributed by atoms with Gasteiger partial charge in [-0.1, -0.05) is 6.07 Å². The predicted molar refractivity (Wildman–Crippen MR) is 65.5 cm³/mol. The molecule has 0 amide bonds. The molecule has 6 nitrogen and oxygen atoms in total. The number of aromatic nitrogens is 2. The van der Waals surface area contributed by atoms with Gasteiger partial charge in [0.25, 0.3) is 5.69 Å². The molecule has 1 aromatic carbocycles. The molecule has 0 atom stereocenters. The topological polar surface area (TPSA) is 82.1 Å². The third-order valence-corrected chi connectivity index (χ3v) is 2.63. The number of benzene rings is 1. The maximum atomic E-state index is 10.7. The van der Waals surface area contributed by atoms with Crippen LogP contribution in [0.4, 0.5) is 5.69 Å². The lowest BCUT2D eigenvalue weighted by Gasteiger charge is -2.00. The largest absolute Gasteiger partial charge is 0.421 e. The van der Waals surface area contributed by atoms with Crippen LogP contribution in [0.5, 0.6) is 0 Å². The fourth-order valence-corrected chi connectivity index (χ4v) is 1.66. The van der Waals surface area contributed by atoms with Crippen molar-refractivity contribution in [2.75, 3.05) is 5.88 Å². The van der Waals surface area contributed by atoms with E-state index in [-0.39, 0.29) is 11.6 Å². The SMILES string of the molecule is Cc1ccc([N+](=O)[O-])cc1-c1nnc(CCCl)o1. The molecule has 2 aromatic rings. The van der Waals surface area contributed by atoms with E-state index in [1.165, 1.54) is 12.1 Å². The van der Waals surface area contributed by atoms with Crippen LogP contribution in [0.25, 0.3) is 11.5 Å². The van der Waals surface area contributed by atoms with E-state index in [0.717, 1.165) is 5.56 Å². The van der Waals surface area contributed by atoms with Crippen LogP contribution in [-0.2, 0) is 6.42 Å². The highest BCUT2D eigenvalue weighted by Gasteiger charge is 2.15. The molecule has 0 saturated heterocycles. The summed E-state index contributed by atoms with van der Waals surface area (Å²) >= 11 is 5.57. The van der Waals surface area contributed by atoms with Gasteiger partial charge in [0.2, 0.25) is 11.8 Å². The summed E-state index contributed by atoms with van der Waals surface area (Å²) in [6.45, 7) is 1.82. The summed E-state index contributed by atoms with van der Waals surface area (Å²) in [5.74, 6) is 1.08. The molecule has 1 aromatic heterocycles. The first kappa shape index (κ1) is 12.5. The Morgan fingerprint density at radius 1 is 1.44 bits per heavy atom. The Kier molecular flexibility index (Phi) is 3.57. The van der Waals surface area contributed by atoms with Crippen molar-refractivity contribution in [3.05, 3.63) is 39.8 Å². The normalized spacial score (nSPS) is 10.6. The summed E-state index contributed by atoms with van der Waals surface area (Å²) in [4.78, 5) is 10.3. The molecule has 0 unspecified atom stereocenters. The van der Waals surface area contributed by atoms with Gasteiger partial charge in [-0.15, -0.1) is 21.8 Å². The fraction of sp³-hybridized carbons (Fsp3) is 0.273. The van der Waals surface area contributed by atoms with Gasteiger partial charge in [0, 0.05) is 30.0 Å². The van der Waals surface area contributed by atoms with Gasteiger partial charge in [0.15, 0.2) is 0 Å². The Morgan fingerprint density at radius 2 is 2.22 bits per heavy atom. The summed E-state index contributed by atoms with van der Waals surface area (Å²) in [5, 5.41) is 18.4. The minimum absolute atomic E-state index is 0.00677. The predicted octanol–water partition coefficient (Wildman–Crippen LogP) is 2.73. The molecule has 0 radical (unpaired) electrons. The van der Waals surface area contributed by atoms with Crippen molar-refractivity contribution in [1.29, 1.82) is 0 Å². The smallest absolute Gasteiger partial charge is 0.270 e. The van der Waals surface area contributed by atoms with Crippen molar-refractivity contribution >= 4 is 17.3 Å². The summed E-state index contributed by atoms with van der Waals surface area (Å²) in [6.07, 6.45) is 0.475. The van der Waals surface area contributed by atoms with Crippen molar-refractivity contribution in [3.63, 3.8) is 0 Å². The number of nitro benzene ring substituents is 1. The van der Waals surface area contributed by atoms with E-state index in [0.29, 0.717) is 23.8 Å². The zero-order chi connectivity index (χ0) is 13.1. The summed E-state index contributed by atoms with van der Waals surface area (Å²) < 4.78 is 5.40. The lowest BCUT2D eigenvalue weighted by molar-refractivity contribution is -0.384. The highest BCUT2D eigenvalue weighted by Crippen LogP contribution is 2.26. The molecule has 7 heteroatoms. The van der Waals surface area contributed by atoms with E-state index in [1.54, 1.807) is 6.07 Å². The van der Waals surface area contributed by atoms with E-state index in [2.05, 4.69) is 10.2 Å². The quantitative estimate of drug-likeness (QED) is 0.483. The Bertz CT molecular complexity index is 583. The maximum Gasteiger partial charge on any atom is 0.270 e. The highest BCUT2D eigenvalue weighted by atomic mass is 35.5. The molecule has 18 heavy (non-hydrogen) atoms. The number of rotatable bonds is 4. The first-order valence-corrected chi connectivity index (χ1v) is 5.79. The number of alkyl halides is 1. The monoisotopic (exact) mass is 267 g/mol. The summed E-state index contributed by atoms with van der Waals surface area (Å²) in [7, 11) is 0. The molecule has 0 saturated carbocycles. The molecule has 0 spiro atoms. The van der Waals surface area contributed by atoms with Crippen LogP contribution in [0.1, 0.15) is 11.5 Å². The highest BCUT2D eigenvalue weighted by molar-refractivity contribution is 6.17. The second-order valence-corrected chi connectivity index (χ2v) is 4.07. The van der Waals surface area contributed by atoms with E-state index in [4.69, 9.17) is 16.0 Å². The van der Waals surface area contributed by atoms with Gasteiger partial charge in [-0.3, -0.25) is 10.1 Å². The van der Waals surface area contributed by atoms with Gasteiger partial charge in [0.05, 0.1) is 4.92 Å². The molecular weight excluding hydrogens is 258 g/mol. The number of halogens is 1. The lowest BCUT2D eigenvalue weighted by atomic mass is 10.1. The molecule has 2 rings (SSSR count). The minimum Gasteiger partial charge on any atom is -0.421 e. The summed E-state index contributed by atoms with van der Waals surface area (Å²) in [6, 6.07) is 4.51. The van der Waals surface area contributed by atoms with E-state index in [9.17, 15) is 10.1 Å². The van der Waals surface area contributed by atoms with Crippen molar-refractivity contribution in [2.45, 2.75) is 13.3 Å². The van der Waals surface area contributed by atoms with E-state index < -0.39 is 4.92 Å². The Labute approximate surface area is 108 Å². The molecular formula is C11H10ClN3O3. The number of aryl methyl sites for hydroxylation is 2. The molecule has 1 heterocycles. The maximum absolute atomic E-state index is 10.7. The Balaban J connectivity index is 2.41. The van der Waals surface area contributed by atoms with Crippen LogP contribution in [0.15, 0.2) is 22.6 Å². The van der Waals surface area contributed by atoms with Crippen LogP contribution in [0.3, 0.4) is 0 Å².